The summed E-state index contributed by atoms with van der Waals surface area (Å²) in [6, 6.07) is 0. The number of hydrogen-bond donors (Lipinski definition) is 1. The van der Waals surface area contributed by atoms with E-state index in [0.717, 1.165) is 42.0 Å². The van der Waals surface area contributed by atoms with E-state index in [2.05, 4.69) is 10.4 Å². The largest absolute Gasteiger partial charge is 0.324 e. The van der Waals surface area contributed by atoms with Gasteiger partial charge in [0.25, 0.3) is 17.7 Å². The number of carbonyl (C=O) groups is 3. The molecule has 6 nitrogen and oxygen atoms in total. The summed E-state index contributed by atoms with van der Waals surface area (Å²) >= 11 is 0. The molecule has 1 fully saturated rings. The molecule has 4 aliphatic rings. The highest BCUT2D eigenvalue weighted by Gasteiger charge is 2.47. The molecule has 1 N–H and O–H groups in total. The third-order valence-electron chi connectivity index (χ3n) is 4.56. The fourth-order valence-electron chi connectivity index (χ4n) is 3.41. The molecule has 4 rings (SSSR count). The molecule has 0 radical (unpaired) electrons. The third kappa shape index (κ3) is 1.80. The molecule has 0 spiro atoms. The first-order chi connectivity index (χ1) is 10.7. The number of allylic oxidation sites excluding steroid dienone is 3. The number of hydrazone groups is 1. The molecule has 0 saturated carbocycles. The molecule has 112 valence electrons. The summed E-state index contributed by atoms with van der Waals surface area (Å²) in [5.41, 5.74) is 1.98. The lowest BCUT2D eigenvalue weighted by atomic mass is 9.91. The Hall–Kier alpha value is -2.50. The molecule has 0 aromatic heterocycles. The number of nitrogens with zero attached hydrogens (tertiary/aromatic N) is 2. The summed E-state index contributed by atoms with van der Waals surface area (Å²) in [5, 5.41) is 7.83. The Balaban J connectivity index is 1.70. The number of carbonyl (C=O) groups excluding carboxylic acids is 3. The quantitative estimate of drug-likeness (QED) is 0.734. The number of rotatable bonds is 1. The van der Waals surface area contributed by atoms with Crippen LogP contribution in [0.2, 0.25) is 0 Å². The molecule has 6 heteroatoms. The lowest BCUT2D eigenvalue weighted by Crippen LogP contribution is -2.30. The second kappa shape index (κ2) is 4.76. The van der Waals surface area contributed by atoms with Gasteiger partial charge >= 0.3 is 0 Å². The van der Waals surface area contributed by atoms with Gasteiger partial charge in [0, 0.05) is 11.3 Å². The standard InChI is InChI=1S/C16H15N3O3/c20-14-13(11-7-3-4-8-12(11)17-14)18-19-15(21)9-5-1-2-6-10(9)16(19)22/h1-2,5-6,9-10H,3-4,7-8H2,(H,17,18,20). The van der Waals surface area contributed by atoms with E-state index in [4.69, 9.17) is 0 Å². The van der Waals surface area contributed by atoms with Crippen LogP contribution in [-0.4, -0.2) is 28.4 Å². The van der Waals surface area contributed by atoms with E-state index in [1.807, 2.05) is 0 Å². The van der Waals surface area contributed by atoms with Gasteiger partial charge in [0.1, 0.15) is 0 Å². The highest BCUT2D eigenvalue weighted by Crippen LogP contribution is 2.33. The van der Waals surface area contributed by atoms with Crippen molar-refractivity contribution in [3.05, 3.63) is 35.6 Å². The Labute approximate surface area is 127 Å². The fraction of sp³-hybridized carbons (Fsp3) is 0.375. The Kier molecular flexibility index (Phi) is 2.85. The molecule has 1 saturated heterocycles. The van der Waals surface area contributed by atoms with Crippen LogP contribution in [0.25, 0.3) is 0 Å². The maximum atomic E-state index is 12.4. The predicted molar refractivity (Wildman–Crippen MR) is 78.2 cm³/mol. The van der Waals surface area contributed by atoms with Crippen molar-refractivity contribution in [1.29, 1.82) is 0 Å². The number of hydrogen-bond acceptors (Lipinski definition) is 4. The third-order valence-corrected chi connectivity index (χ3v) is 4.56. The van der Waals surface area contributed by atoms with E-state index >= 15 is 0 Å². The summed E-state index contributed by atoms with van der Waals surface area (Å²) in [4.78, 5) is 36.8. The van der Waals surface area contributed by atoms with Gasteiger partial charge in [-0.2, -0.15) is 10.1 Å². The van der Waals surface area contributed by atoms with Crippen LogP contribution in [0.15, 0.2) is 40.7 Å². The fourth-order valence-corrected chi connectivity index (χ4v) is 3.41. The molecule has 3 amide bonds. The van der Waals surface area contributed by atoms with Gasteiger partial charge in [0.15, 0.2) is 5.71 Å². The molecule has 0 bridgehead atoms. The van der Waals surface area contributed by atoms with E-state index in [0.29, 0.717) is 0 Å². The van der Waals surface area contributed by atoms with Crippen LogP contribution in [0, 0.1) is 11.8 Å². The second-order valence-corrected chi connectivity index (χ2v) is 5.88. The summed E-state index contributed by atoms with van der Waals surface area (Å²) in [5.74, 6) is -2.02. The molecule has 2 aliphatic carbocycles. The molecular formula is C16H15N3O3. The van der Waals surface area contributed by atoms with Gasteiger partial charge < -0.3 is 5.32 Å². The zero-order chi connectivity index (χ0) is 15.3. The minimum Gasteiger partial charge on any atom is -0.324 e. The number of nitrogens with one attached hydrogen (secondary N) is 1. The molecular weight excluding hydrogens is 282 g/mol. The van der Waals surface area contributed by atoms with Crippen LogP contribution in [0.4, 0.5) is 0 Å². The van der Waals surface area contributed by atoms with Crippen LogP contribution in [0.1, 0.15) is 25.7 Å². The molecule has 0 aromatic carbocycles. The van der Waals surface area contributed by atoms with E-state index in [9.17, 15) is 14.4 Å². The Morgan fingerprint density at radius 2 is 1.64 bits per heavy atom. The van der Waals surface area contributed by atoms with Crippen molar-refractivity contribution < 1.29 is 14.4 Å². The minimum atomic E-state index is -0.494. The van der Waals surface area contributed by atoms with Gasteiger partial charge in [-0.15, -0.1) is 0 Å². The smallest absolute Gasteiger partial charge is 0.276 e. The average Bonchev–Trinajstić information content (AvgIpc) is 2.98. The van der Waals surface area contributed by atoms with Gasteiger partial charge in [-0.3, -0.25) is 14.4 Å². The van der Waals surface area contributed by atoms with Crippen molar-refractivity contribution in [3.8, 4) is 0 Å². The van der Waals surface area contributed by atoms with Crippen molar-refractivity contribution in [1.82, 2.24) is 10.3 Å². The first-order valence-electron chi connectivity index (χ1n) is 7.52. The average molecular weight is 297 g/mol. The SMILES string of the molecule is O=C1NC2=C(CCCC2)/C1=N\N1C(=O)C2C=CC=CC2C1=O. The van der Waals surface area contributed by atoms with Crippen molar-refractivity contribution in [2.45, 2.75) is 25.7 Å². The Morgan fingerprint density at radius 3 is 2.32 bits per heavy atom. The summed E-state index contributed by atoms with van der Waals surface area (Å²) in [6.07, 6.45) is 10.5. The maximum absolute atomic E-state index is 12.4. The van der Waals surface area contributed by atoms with Crippen LogP contribution in [0.3, 0.4) is 0 Å². The molecule has 2 unspecified atom stereocenters. The molecule has 0 aromatic rings. The number of amides is 3. The molecule has 2 atom stereocenters. The van der Waals surface area contributed by atoms with Crippen LogP contribution in [-0.2, 0) is 14.4 Å². The maximum Gasteiger partial charge on any atom is 0.276 e. The van der Waals surface area contributed by atoms with E-state index < -0.39 is 11.8 Å². The van der Waals surface area contributed by atoms with Crippen molar-refractivity contribution in [3.63, 3.8) is 0 Å². The summed E-state index contributed by atoms with van der Waals surface area (Å²) in [7, 11) is 0. The minimum absolute atomic E-state index is 0.225. The van der Waals surface area contributed by atoms with Crippen molar-refractivity contribution in [2.24, 2.45) is 16.9 Å². The molecule has 2 heterocycles. The number of fused-ring (bicyclic) bond motifs is 1. The lowest BCUT2D eigenvalue weighted by molar-refractivity contribution is -0.139. The van der Waals surface area contributed by atoms with Gasteiger partial charge in [-0.05, 0) is 25.7 Å². The van der Waals surface area contributed by atoms with Crippen molar-refractivity contribution in [2.75, 3.05) is 0 Å². The predicted octanol–water partition coefficient (Wildman–Crippen LogP) is 1.03. The highest BCUT2D eigenvalue weighted by molar-refractivity contribution is 6.48. The first kappa shape index (κ1) is 13.2. The normalized spacial score (nSPS) is 31.9. The first-order valence-corrected chi connectivity index (χ1v) is 7.52. The Morgan fingerprint density at radius 1 is 1.00 bits per heavy atom. The lowest BCUT2D eigenvalue weighted by Gasteiger charge is -2.13. The van der Waals surface area contributed by atoms with Crippen LogP contribution in [0.5, 0.6) is 0 Å². The van der Waals surface area contributed by atoms with E-state index in [1.165, 1.54) is 0 Å². The van der Waals surface area contributed by atoms with E-state index in [1.54, 1.807) is 24.3 Å². The highest BCUT2D eigenvalue weighted by atomic mass is 16.2. The molecule has 2 aliphatic heterocycles. The van der Waals surface area contributed by atoms with E-state index in [-0.39, 0.29) is 23.4 Å². The van der Waals surface area contributed by atoms with Crippen LogP contribution >= 0.6 is 0 Å². The zero-order valence-electron chi connectivity index (χ0n) is 11.9. The van der Waals surface area contributed by atoms with Gasteiger partial charge in [-0.1, -0.05) is 24.3 Å². The monoisotopic (exact) mass is 297 g/mol. The van der Waals surface area contributed by atoms with Gasteiger partial charge in [0.2, 0.25) is 0 Å². The molecule has 22 heavy (non-hydrogen) atoms. The summed E-state index contributed by atoms with van der Waals surface area (Å²) in [6.45, 7) is 0. The van der Waals surface area contributed by atoms with Crippen LogP contribution < -0.4 is 5.32 Å². The second-order valence-electron chi connectivity index (χ2n) is 5.88. The Bertz CT molecular complexity index is 684. The van der Waals surface area contributed by atoms with Gasteiger partial charge in [-0.25, -0.2) is 0 Å². The topological polar surface area (TPSA) is 78.8 Å². The van der Waals surface area contributed by atoms with Gasteiger partial charge in [0.05, 0.1) is 11.8 Å². The van der Waals surface area contributed by atoms with Crippen molar-refractivity contribution >= 4 is 23.4 Å². The number of imide groups is 1. The summed E-state index contributed by atoms with van der Waals surface area (Å²) < 4.78 is 0. The zero-order valence-corrected chi connectivity index (χ0v) is 11.9.